The second-order valence-electron chi connectivity index (χ2n) is 7.71. The van der Waals surface area contributed by atoms with E-state index in [1.807, 2.05) is 16.4 Å². The van der Waals surface area contributed by atoms with E-state index in [0.717, 1.165) is 25.8 Å². The maximum Gasteiger partial charge on any atom is 0.341 e. The molecule has 2 unspecified atom stereocenters. The maximum atomic E-state index is 14.8. The van der Waals surface area contributed by atoms with Crippen LogP contribution in [0.1, 0.15) is 49.5 Å². The summed E-state index contributed by atoms with van der Waals surface area (Å²) in [6, 6.07) is 4.85. The monoisotopic (exact) mass is 400 g/mol. The van der Waals surface area contributed by atoms with Gasteiger partial charge in [0, 0.05) is 43.7 Å². The van der Waals surface area contributed by atoms with Crippen LogP contribution in [0, 0.1) is 23.1 Å². The summed E-state index contributed by atoms with van der Waals surface area (Å²) in [6.45, 7) is 4.79. The van der Waals surface area contributed by atoms with Crippen molar-refractivity contribution in [3.63, 3.8) is 0 Å². The van der Waals surface area contributed by atoms with Crippen molar-refractivity contribution >= 4 is 22.6 Å². The molecule has 2 heterocycles. The molecule has 2 aliphatic rings. The average Bonchev–Trinajstić information content (AvgIpc) is 3.38. The fourth-order valence-electron chi connectivity index (χ4n) is 3.84. The van der Waals surface area contributed by atoms with E-state index in [-0.39, 0.29) is 23.0 Å². The number of benzene rings is 1. The van der Waals surface area contributed by atoms with Crippen molar-refractivity contribution in [2.24, 2.45) is 11.7 Å². The fourth-order valence-corrected chi connectivity index (χ4v) is 3.84. The molecular formula is C21H25FN4O3. The SMILES string of the molecule is CC#N.CC(N)C1CCN(c2cc3c(cc2F)c(=O)c(C(=O)O)cn3C2CC2)C1. The Morgan fingerprint density at radius 1 is 1.38 bits per heavy atom. The van der Waals surface area contributed by atoms with Gasteiger partial charge in [0.2, 0.25) is 5.43 Å². The molecule has 0 radical (unpaired) electrons. The zero-order valence-corrected chi connectivity index (χ0v) is 16.6. The van der Waals surface area contributed by atoms with Gasteiger partial charge in [0.15, 0.2) is 0 Å². The van der Waals surface area contributed by atoms with E-state index in [4.69, 9.17) is 11.0 Å². The van der Waals surface area contributed by atoms with E-state index in [0.29, 0.717) is 23.7 Å². The van der Waals surface area contributed by atoms with Gasteiger partial charge in [-0.15, -0.1) is 0 Å². The van der Waals surface area contributed by atoms with E-state index in [9.17, 15) is 19.1 Å². The molecule has 2 aromatic rings. The average molecular weight is 400 g/mol. The lowest BCUT2D eigenvalue weighted by Gasteiger charge is -2.22. The second-order valence-corrected chi connectivity index (χ2v) is 7.71. The summed E-state index contributed by atoms with van der Waals surface area (Å²) in [5, 5.41) is 16.7. The molecule has 1 aromatic carbocycles. The number of anilines is 1. The highest BCUT2D eigenvalue weighted by atomic mass is 19.1. The van der Waals surface area contributed by atoms with Crippen LogP contribution in [0.25, 0.3) is 10.9 Å². The van der Waals surface area contributed by atoms with Gasteiger partial charge in [0.1, 0.15) is 11.4 Å². The van der Waals surface area contributed by atoms with Crippen LogP contribution >= 0.6 is 0 Å². The molecule has 1 aliphatic heterocycles. The van der Waals surface area contributed by atoms with Crippen molar-refractivity contribution in [2.75, 3.05) is 18.0 Å². The first-order valence-corrected chi connectivity index (χ1v) is 9.71. The van der Waals surface area contributed by atoms with E-state index >= 15 is 0 Å². The number of carbonyl (C=O) groups is 1. The lowest BCUT2D eigenvalue weighted by Crippen LogP contribution is -2.30. The third-order valence-electron chi connectivity index (χ3n) is 5.58. The molecule has 1 saturated carbocycles. The first-order chi connectivity index (χ1) is 13.8. The van der Waals surface area contributed by atoms with Crippen molar-refractivity contribution in [2.45, 2.75) is 45.2 Å². The van der Waals surface area contributed by atoms with Gasteiger partial charge < -0.3 is 20.3 Å². The second kappa shape index (κ2) is 8.21. The Balaban J connectivity index is 0.000000755. The molecule has 8 heteroatoms. The molecule has 154 valence electrons. The first-order valence-electron chi connectivity index (χ1n) is 9.71. The quantitative estimate of drug-likeness (QED) is 0.816. The number of aromatic nitrogens is 1. The van der Waals surface area contributed by atoms with Gasteiger partial charge in [-0.3, -0.25) is 4.79 Å². The third-order valence-corrected chi connectivity index (χ3v) is 5.58. The van der Waals surface area contributed by atoms with Gasteiger partial charge in [0.05, 0.1) is 17.3 Å². The summed E-state index contributed by atoms with van der Waals surface area (Å²) in [5.41, 5.74) is 6.09. The fraction of sp³-hybridized carbons (Fsp3) is 0.476. The van der Waals surface area contributed by atoms with Crippen molar-refractivity contribution in [3.05, 3.63) is 39.9 Å². The summed E-state index contributed by atoms with van der Waals surface area (Å²) < 4.78 is 16.6. The zero-order chi connectivity index (χ0) is 21.3. The molecule has 1 saturated heterocycles. The van der Waals surface area contributed by atoms with Crippen molar-refractivity contribution in [3.8, 4) is 6.07 Å². The van der Waals surface area contributed by atoms with Crippen LogP contribution in [0.3, 0.4) is 0 Å². The number of hydrogen-bond donors (Lipinski definition) is 2. The van der Waals surface area contributed by atoms with E-state index in [1.165, 1.54) is 19.2 Å². The maximum absolute atomic E-state index is 14.8. The largest absolute Gasteiger partial charge is 0.477 e. The third kappa shape index (κ3) is 4.10. The van der Waals surface area contributed by atoms with Crippen molar-refractivity contribution < 1.29 is 14.3 Å². The zero-order valence-electron chi connectivity index (χ0n) is 16.6. The van der Waals surface area contributed by atoms with Crippen LogP contribution < -0.4 is 16.1 Å². The number of rotatable bonds is 4. The van der Waals surface area contributed by atoms with Gasteiger partial charge in [-0.05, 0) is 44.2 Å². The molecule has 0 amide bonds. The number of nitrogens with two attached hydrogens (primary N) is 1. The Morgan fingerprint density at radius 3 is 2.55 bits per heavy atom. The van der Waals surface area contributed by atoms with Gasteiger partial charge in [0.25, 0.3) is 0 Å². The van der Waals surface area contributed by atoms with Crippen molar-refractivity contribution in [1.29, 1.82) is 5.26 Å². The number of carboxylic acids is 1. The number of pyridine rings is 1. The van der Waals surface area contributed by atoms with Crippen LogP contribution in [0.4, 0.5) is 10.1 Å². The number of fused-ring (bicyclic) bond motifs is 1. The molecule has 29 heavy (non-hydrogen) atoms. The Morgan fingerprint density at radius 2 is 2.03 bits per heavy atom. The Hall–Kier alpha value is -2.92. The molecule has 0 spiro atoms. The molecule has 0 bridgehead atoms. The Labute approximate surface area is 168 Å². The van der Waals surface area contributed by atoms with E-state index < -0.39 is 17.2 Å². The predicted octanol–water partition coefficient (Wildman–Crippen LogP) is 2.88. The first kappa shape index (κ1) is 20.8. The molecule has 4 rings (SSSR count). The molecule has 1 aromatic heterocycles. The number of nitriles is 1. The van der Waals surface area contributed by atoms with Crippen molar-refractivity contribution in [1.82, 2.24) is 4.57 Å². The van der Waals surface area contributed by atoms with Gasteiger partial charge in [-0.2, -0.15) is 5.26 Å². The minimum atomic E-state index is -1.28. The molecule has 1 aliphatic carbocycles. The lowest BCUT2D eigenvalue weighted by molar-refractivity contribution is 0.0695. The number of halogens is 1. The van der Waals surface area contributed by atoms with Crippen LogP contribution in [0.15, 0.2) is 23.1 Å². The Kier molecular flexibility index (Phi) is 5.89. The van der Waals surface area contributed by atoms with Crippen LogP contribution in [-0.2, 0) is 0 Å². The highest BCUT2D eigenvalue weighted by Crippen LogP contribution is 2.38. The summed E-state index contributed by atoms with van der Waals surface area (Å²) in [4.78, 5) is 25.9. The highest BCUT2D eigenvalue weighted by Gasteiger charge is 2.30. The van der Waals surface area contributed by atoms with E-state index in [2.05, 4.69) is 0 Å². The summed E-state index contributed by atoms with van der Waals surface area (Å²) in [6.07, 6.45) is 4.17. The number of nitrogens with zero attached hydrogens (tertiary/aromatic N) is 3. The summed E-state index contributed by atoms with van der Waals surface area (Å²) >= 11 is 0. The minimum absolute atomic E-state index is 0.0475. The predicted molar refractivity (Wildman–Crippen MR) is 109 cm³/mol. The summed E-state index contributed by atoms with van der Waals surface area (Å²) in [7, 11) is 0. The molecule has 3 N–H and O–H groups in total. The highest BCUT2D eigenvalue weighted by molar-refractivity contribution is 5.93. The smallest absolute Gasteiger partial charge is 0.341 e. The topological polar surface area (TPSA) is 112 Å². The normalized spacial score (nSPS) is 19.4. The van der Waals surface area contributed by atoms with Gasteiger partial charge in [-0.1, -0.05) is 0 Å². The molecular weight excluding hydrogens is 375 g/mol. The standard InChI is InChI=1S/C19H22FN3O3.C2H3N/c1-10(21)11-4-5-22(8-11)17-7-16-13(6-15(17)20)18(24)14(19(25)26)9-23(16)12-2-3-12;1-2-3/h6-7,9-12H,2-5,8,21H2,1H3,(H,25,26);1H3. The molecule has 2 fully saturated rings. The van der Waals surface area contributed by atoms with Gasteiger partial charge >= 0.3 is 5.97 Å². The molecule has 7 nitrogen and oxygen atoms in total. The van der Waals surface area contributed by atoms with Crippen LogP contribution in [-0.4, -0.2) is 34.8 Å². The number of carboxylic acid groups (broad SMARTS) is 1. The van der Waals surface area contributed by atoms with Gasteiger partial charge in [-0.25, -0.2) is 9.18 Å². The minimum Gasteiger partial charge on any atom is -0.477 e. The Bertz CT molecular complexity index is 1040. The number of aromatic carboxylic acids is 1. The van der Waals surface area contributed by atoms with Crippen LogP contribution in [0.2, 0.25) is 0 Å². The van der Waals surface area contributed by atoms with Crippen LogP contribution in [0.5, 0.6) is 0 Å². The molecule has 2 atom stereocenters. The summed E-state index contributed by atoms with van der Waals surface area (Å²) in [5.74, 6) is -1.47. The number of hydrogen-bond acceptors (Lipinski definition) is 5. The lowest BCUT2D eigenvalue weighted by atomic mass is 10.0. The van der Waals surface area contributed by atoms with E-state index in [1.54, 1.807) is 12.1 Å².